The van der Waals surface area contributed by atoms with Crippen molar-refractivity contribution in [3.63, 3.8) is 0 Å². The molecule has 1 heterocycles. The van der Waals surface area contributed by atoms with Gasteiger partial charge in [0.25, 0.3) is 0 Å². The van der Waals surface area contributed by atoms with Crippen molar-refractivity contribution in [2.24, 2.45) is 0 Å². The number of rotatable bonds is 4. The van der Waals surface area contributed by atoms with Crippen LogP contribution in [0.2, 0.25) is 0 Å². The molecule has 0 fully saturated rings. The Kier molecular flexibility index (Phi) is 4.41. The molecule has 0 bridgehead atoms. The van der Waals surface area contributed by atoms with Crippen LogP contribution >= 0.6 is 23.6 Å². The molecule has 0 atom stereocenters. The zero-order chi connectivity index (χ0) is 15.5. The maximum Gasteiger partial charge on any atom is 0.161 e. The standard InChI is InChI=1S/C18H17NOS2/c1-13-3-5-14(6-4-13)11-19-17(12-22-18(19)21)15-7-9-16(20-2)10-8-15/h3-10,12H,11H2,1-2H3. The Balaban J connectivity index is 1.96. The highest BCUT2D eigenvalue weighted by Crippen LogP contribution is 2.26. The van der Waals surface area contributed by atoms with Crippen LogP contribution in [0.1, 0.15) is 11.1 Å². The van der Waals surface area contributed by atoms with Crippen molar-refractivity contribution in [1.82, 2.24) is 4.57 Å². The summed E-state index contributed by atoms with van der Waals surface area (Å²) in [6.07, 6.45) is 0. The lowest BCUT2D eigenvalue weighted by Gasteiger charge is -2.10. The molecule has 22 heavy (non-hydrogen) atoms. The third-order valence-corrected chi connectivity index (χ3v) is 4.90. The minimum Gasteiger partial charge on any atom is -0.497 e. The van der Waals surface area contributed by atoms with Crippen LogP contribution in [0.5, 0.6) is 5.75 Å². The van der Waals surface area contributed by atoms with Crippen molar-refractivity contribution in [2.75, 3.05) is 7.11 Å². The molecule has 0 spiro atoms. The number of hydrogen-bond donors (Lipinski definition) is 0. The predicted molar refractivity (Wildman–Crippen MR) is 95.4 cm³/mol. The lowest BCUT2D eigenvalue weighted by Crippen LogP contribution is -2.01. The van der Waals surface area contributed by atoms with E-state index in [1.807, 2.05) is 12.1 Å². The molecule has 3 aromatic rings. The molecule has 0 saturated carbocycles. The molecule has 0 aliphatic carbocycles. The van der Waals surface area contributed by atoms with Gasteiger partial charge >= 0.3 is 0 Å². The Hall–Kier alpha value is -1.91. The Labute approximate surface area is 139 Å². The largest absolute Gasteiger partial charge is 0.497 e. The van der Waals surface area contributed by atoms with Crippen molar-refractivity contribution in [3.05, 3.63) is 69.0 Å². The van der Waals surface area contributed by atoms with Crippen molar-refractivity contribution in [1.29, 1.82) is 0 Å². The van der Waals surface area contributed by atoms with E-state index >= 15 is 0 Å². The maximum absolute atomic E-state index is 5.50. The number of aromatic nitrogens is 1. The fraction of sp³-hybridized carbons (Fsp3) is 0.167. The summed E-state index contributed by atoms with van der Waals surface area (Å²) in [5, 5.41) is 2.12. The average Bonchev–Trinajstić information content (AvgIpc) is 2.91. The van der Waals surface area contributed by atoms with Gasteiger partial charge in [0, 0.05) is 11.9 Å². The Morgan fingerprint density at radius 2 is 1.73 bits per heavy atom. The summed E-state index contributed by atoms with van der Waals surface area (Å²) in [5.74, 6) is 0.864. The second-order valence-corrected chi connectivity index (χ2v) is 6.69. The summed E-state index contributed by atoms with van der Waals surface area (Å²) in [6.45, 7) is 2.90. The lowest BCUT2D eigenvalue weighted by atomic mass is 10.1. The summed E-state index contributed by atoms with van der Waals surface area (Å²) < 4.78 is 8.30. The zero-order valence-corrected chi connectivity index (χ0v) is 14.2. The highest BCUT2D eigenvalue weighted by atomic mass is 32.1. The van der Waals surface area contributed by atoms with Crippen LogP contribution in [0.25, 0.3) is 11.3 Å². The van der Waals surface area contributed by atoms with E-state index < -0.39 is 0 Å². The topological polar surface area (TPSA) is 14.2 Å². The van der Waals surface area contributed by atoms with Gasteiger partial charge in [-0.05, 0) is 54.5 Å². The fourth-order valence-corrected chi connectivity index (χ4v) is 3.42. The van der Waals surface area contributed by atoms with Gasteiger partial charge in [0.15, 0.2) is 3.95 Å². The molecule has 0 aliphatic heterocycles. The highest BCUT2D eigenvalue weighted by Gasteiger charge is 2.08. The first-order valence-electron chi connectivity index (χ1n) is 7.05. The number of aryl methyl sites for hydroxylation is 1. The van der Waals surface area contributed by atoms with E-state index in [4.69, 9.17) is 17.0 Å². The third-order valence-electron chi connectivity index (χ3n) is 3.63. The quantitative estimate of drug-likeness (QED) is 0.603. The van der Waals surface area contributed by atoms with E-state index in [0.29, 0.717) is 0 Å². The van der Waals surface area contributed by atoms with Crippen molar-refractivity contribution in [2.45, 2.75) is 13.5 Å². The van der Waals surface area contributed by atoms with Crippen molar-refractivity contribution >= 4 is 23.6 Å². The molecule has 0 saturated heterocycles. The van der Waals surface area contributed by atoms with Crippen molar-refractivity contribution in [3.8, 4) is 17.0 Å². The van der Waals surface area contributed by atoms with Gasteiger partial charge in [0.1, 0.15) is 5.75 Å². The molecule has 0 aliphatic rings. The SMILES string of the molecule is COc1ccc(-c2csc(=S)n2Cc2ccc(C)cc2)cc1. The van der Waals surface area contributed by atoms with Gasteiger partial charge in [0.2, 0.25) is 0 Å². The first-order chi connectivity index (χ1) is 10.7. The Morgan fingerprint density at radius 1 is 1.05 bits per heavy atom. The normalized spacial score (nSPS) is 10.6. The van der Waals surface area contributed by atoms with E-state index in [2.05, 4.69) is 53.3 Å². The molecule has 112 valence electrons. The average molecular weight is 327 g/mol. The van der Waals surface area contributed by atoms with Gasteiger partial charge in [-0.1, -0.05) is 29.8 Å². The minimum absolute atomic E-state index is 0.796. The fourth-order valence-electron chi connectivity index (χ4n) is 2.34. The first-order valence-corrected chi connectivity index (χ1v) is 8.34. The van der Waals surface area contributed by atoms with Gasteiger partial charge in [-0.2, -0.15) is 0 Å². The van der Waals surface area contributed by atoms with Gasteiger partial charge in [-0.15, -0.1) is 11.3 Å². The highest BCUT2D eigenvalue weighted by molar-refractivity contribution is 7.73. The van der Waals surface area contributed by atoms with Gasteiger partial charge in [-0.3, -0.25) is 0 Å². The van der Waals surface area contributed by atoms with E-state index in [9.17, 15) is 0 Å². The second-order valence-electron chi connectivity index (χ2n) is 5.19. The molecule has 2 aromatic carbocycles. The number of hydrogen-bond acceptors (Lipinski definition) is 3. The molecular formula is C18H17NOS2. The predicted octanol–water partition coefficient (Wildman–Crippen LogP) is 5.31. The van der Waals surface area contributed by atoms with Gasteiger partial charge in [-0.25, -0.2) is 0 Å². The summed E-state index contributed by atoms with van der Waals surface area (Å²) in [5.41, 5.74) is 4.83. The molecule has 4 heteroatoms. The summed E-state index contributed by atoms with van der Waals surface area (Å²) in [7, 11) is 1.68. The number of methoxy groups -OCH3 is 1. The van der Waals surface area contributed by atoms with E-state index in [1.54, 1.807) is 18.4 Å². The molecule has 0 amide bonds. The van der Waals surface area contributed by atoms with Crippen LogP contribution in [-0.2, 0) is 6.54 Å². The molecular weight excluding hydrogens is 310 g/mol. The number of thiazole rings is 1. The zero-order valence-electron chi connectivity index (χ0n) is 12.6. The van der Waals surface area contributed by atoms with Crippen LogP contribution in [0.3, 0.4) is 0 Å². The number of benzene rings is 2. The van der Waals surface area contributed by atoms with Gasteiger partial charge < -0.3 is 9.30 Å². The smallest absolute Gasteiger partial charge is 0.161 e. The van der Waals surface area contributed by atoms with Crippen LogP contribution in [0, 0.1) is 10.9 Å². The molecule has 0 N–H and O–H groups in total. The van der Waals surface area contributed by atoms with E-state index in [0.717, 1.165) is 27.5 Å². The number of nitrogens with zero attached hydrogens (tertiary/aromatic N) is 1. The van der Waals surface area contributed by atoms with Crippen LogP contribution in [-0.4, -0.2) is 11.7 Å². The van der Waals surface area contributed by atoms with E-state index in [-0.39, 0.29) is 0 Å². The molecule has 3 rings (SSSR count). The van der Waals surface area contributed by atoms with Crippen LogP contribution < -0.4 is 4.74 Å². The van der Waals surface area contributed by atoms with Gasteiger partial charge in [0.05, 0.1) is 12.8 Å². The minimum atomic E-state index is 0.796. The molecule has 0 unspecified atom stereocenters. The molecule has 0 radical (unpaired) electrons. The summed E-state index contributed by atoms with van der Waals surface area (Å²) >= 11 is 7.11. The van der Waals surface area contributed by atoms with Crippen molar-refractivity contribution < 1.29 is 4.74 Å². The summed E-state index contributed by atoms with van der Waals surface area (Å²) in [4.78, 5) is 0. The maximum atomic E-state index is 5.50. The molecule has 2 nitrogen and oxygen atoms in total. The second kappa shape index (κ2) is 6.46. The monoisotopic (exact) mass is 327 g/mol. The van der Waals surface area contributed by atoms with E-state index in [1.165, 1.54) is 11.1 Å². The number of ether oxygens (including phenoxy) is 1. The lowest BCUT2D eigenvalue weighted by molar-refractivity contribution is 0.415. The Bertz CT molecular complexity index is 814. The van der Waals surface area contributed by atoms with Crippen LogP contribution in [0.15, 0.2) is 53.9 Å². The Morgan fingerprint density at radius 3 is 2.36 bits per heavy atom. The third kappa shape index (κ3) is 3.13. The summed E-state index contributed by atoms with van der Waals surface area (Å²) in [6, 6.07) is 16.7. The molecule has 1 aromatic heterocycles. The van der Waals surface area contributed by atoms with Crippen LogP contribution in [0.4, 0.5) is 0 Å². The first kappa shape index (κ1) is 15.0.